The second-order valence-electron chi connectivity index (χ2n) is 16.2. The van der Waals surface area contributed by atoms with Gasteiger partial charge in [-0.05, 0) is 78.3 Å². The Balaban J connectivity index is 1.80. The van der Waals surface area contributed by atoms with Crippen molar-refractivity contribution in [1.82, 2.24) is 4.58 Å². The summed E-state index contributed by atoms with van der Waals surface area (Å²) in [6.45, 7) is 13.9. The molecule has 0 saturated carbocycles. The molecule has 0 spiro atoms. The Morgan fingerprint density at radius 2 is 1.61 bits per heavy atom. The number of carbonyl (C=O) groups is 1. The predicted molar refractivity (Wildman–Crippen MR) is 198 cm³/mol. The number of fused-ring (bicyclic) bond motifs is 4. The molecule has 0 amide bonds. The molecule has 0 bridgehead atoms. The van der Waals surface area contributed by atoms with Crippen LogP contribution in [0.15, 0.2) is 48.5 Å². The number of carboxylic acids is 1. The van der Waals surface area contributed by atoms with Crippen molar-refractivity contribution in [1.29, 1.82) is 0 Å². The molecule has 3 aliphatic heterocycles. The number of hydrogen-bond donors (Lipinski definition) is 3. The smallest absolute Gasteiger partial charge is 0.336 e. The van der Waals surface area contributed by atoms with Crippen molar-refractivity contribution in [3.8, 4) is 11.5 Å². The number of hydrogen-bond acceptors (Lipinski definition) is 7. The van der Waals surface area contributed by atoms with Gasteiger partial charge >= 0.3 is 5.97 Å². The maximum Gasteiger partial charge on any atom is 0.336 e. The van der Waals surface area contributed by atoms with Gasteiger partial charge < -0.3 is 14.7 Å². The third-order valence-corrected chi connectivity index (χ3v) is 12.2. The lowest BCUT2D eigenvalue weighted by Gasteiger charge is -2.46. The molecule has 1 unspecified atom stereocenters. The fraction of sp³-hybridized carbons (Fsp3) is 0.421. The molecule has 3 heterocycles. The van der Waals surface area contributed by atoms with E-state index < -0.39 is 54.7 Å². The molecule has 0 aliphatic carbocycles. The second kappa shape index (κ2) is 11.7. The van der Waals surface area contributed by atoms with E-state index >= 15 is 0 Å². The van der Waals surface area contributed by atoms with Crippen molar-refractivity contribution < 1.29 is 40.6 Å². The Morgan fingerprint density at radius 1 is 0.941 bits per heavy atom. The summed E-state index contributed by atoms with van der Waals surface area (Å²) in [6.07, 6.45) is 2.21. The highest BCUT2D eigenvalue weighted by atomic mass is 32.2. The van der Waals surface area contributed by atoms with E-state index in [1.165, 1.54) is 0 Å². The standard InChI is InChI=1S/C38H44N2O9S2/c1-36(2,3)23-10-11-24(35(41)42)27(12-23)34-28-13-25-21(19-50(43,44)45)17-37(4,5)39(8)30(25)15-32(28)49-33-16-31-26(14-29(33)34)22(20-51(46,47)48)18-38(6,7)40(31)9/h10-17,22H,18-20H2,1-9H3,(H2-,41,42,43,44,45,46,47,48)/p+1. The fourth-order valence-electron chi connectivity index (χ4n) is 7.63. The van der Waals surface area contributed by atoms with Gasteiger partial charge in [-0.2, -0.15) is 16.8 Å². The van der Waals surface area contributed by atoms with E-state index in [4.69, 9.17) is 4.74 Å². The molecular formula is C38H45N2O9S2+. The van der Waals surface area contributed by atoms with Gasteiger partial charge in [0.25, 0.3) is 20.2 Å². The minimum Gasteiger partial charge on any atom is -0.478 e. The number of likely N-dealkylation sites (N-methyl/N-ethyl adjacent to an activating group) is 1. The second-order valence-corrected chi connectivity index (χ2v) is 19.1. The normalized spacial score (nSPS) is 19.3. The molecule has 6 rings (SSSR count). The van der Waals surface area contributed by atoms with Crippen LogP contribution in [0, 0.1) is 0 Å². The van der Waals surface area contributed by atoms with Crippen molar-refractivity contribution in [2.45, 2.75) is 77.3 Å². The molecule has 3 N–H and O–H groups in total. The van der Waals surface area contributed by atoms with Crippen LogP contribution < -0.4 is 24.8 Å². The Kier molecular flexibility index (Phi) is 8.46. The van der Waals surface area contributed by atoms with Crippen molar-refractivity contribution in [2.75, 3.05) is 30.5 Å². The molecule has 3 aromatic carbocycles. The molecule has 51 heavy (non-hydrogen) atoms. The molecule has 11 nitrogen and oxygen atoms in total. The van der Waals surface area contributed by atoms with Gasteiger partial charge in [0.2, 0.25) is 5.36 Å². The van der Waals surface area contributed by atoms with Gasteiger partial charge in [0.15, 0.2) is 5.54 Å². The highest BCUT2D eigenvalue weighted by molar-refractivity contribution is 7.86. The fourth-order valence-corrected chi connectivity index (χ4v) is 9.07. The van der Waals surface area contributed by atoms with Gasteiger partial charge in [-0.15, -0.1) is 0 Å². The monoisotopic (exact) mass is 737 g/mol. The third kappa shape index (κ3) is 6.72. The molecule has 1 atom stereocenters. The first kappa shape index (κ1) is 36.7. The van der Waals surface area contributed by atoms with Gasteiger partial charge in [-0.3, -0.25) is 9.11 Å². The number of rotatable bonds is 6. The maximum absolute atomic E-state index is 12.9. The quantitative estimate of drug-likeness (QED) is 0.185. The summed E-state index contributed by atoms with van der Waals surface area (Å²) in [6, 6.07) is 12.5. The van der Waals surface area contributed by atoms with E-state index in [0.29, 0.717) is 61.9 Å². The molecule has 0 aromatic heterocycles. The van der Waals surface area contributed by atoms with Crippen LogP contribution in [0.4, 0.5) is 5.69 Å². The molecule has 3 aliphatic rings. The predicted octanol–water partition coefficient (Wildman–Crippen LogP) is 4.81. The summed E-state index contributed by atoms with van der Waals surface area (Å²) in [4.78, 5) is 15.0. The molecule has 272 valence electrons. The minimum atomic E-state index is -4.43. The van der Waals surface area contributed by atoms with E-state index in [2.05, 4.69) is 4.90 Å². The summed E-state index contributed by atoms with van der Waals surface area (Å²) in [5.74, 6) is -2.02. The van der Waals surface area contributed by atoms with Crippen LogP contribution in [0.5, 0.6) is 11.5 Å². The Hall–Kier alpha value is -4.04. The Bertz CT molecular complexity index is 2420. The first-order valence-corrected chi connectivity index (χ1v) is 19.9. The van der Waals surface area contributed by atoms with Crippen molar-refractivity contribution in [3.63, 3.8) is 0 Å². The van der Waals surface area contributed by atoms with Crippen molar-refractivity contribution in [2.24, 2.45) is 0 Å². The van der Waals surface area contributed by atoms with Crippen LogP contribution in [-0.2, 0) is 25.7 Å². The summed E-state index contributed by atoms with van der Waals surface area (Å²) in [7, 11) is -5.00. The van der Waals surface area contributed by atoms with Crippen LogP contribution in [0.1, 0.15) is 99.0 Å². The van der Waals surface area contributed by atoms with E-state index in [9.17, 15) is 35.8 Å². The van der Waals surface area contributed by atoms with E-state index in [0.717, 1.165) is 11.3 Å². The van der Waals surface area contributed by atoms with Crippen LogP contribution >= 0.6 is 0 Å². The van der Waals surface area contributed by atoms with Crippen molar-refractivity contribution >= 4 is 43.0 Å². The van der Waals surface area contributed by atoms with E-state index in [-0.39, 0.29) is 11.0 Å². The first-order chi connectivity index (χ1) is 23.3. The van der Waals surface area contributed by atoms with E-state index in [1.807, 2.05) is 91.4 Å². The lowest BCUT2D eigenvalue weighted by Crippen LogP contribution is -2.48. The zero-order valence-corrected chi connectivity index (χ0v) is 32.0. The number of nitrogens with zero attached hydrogens (tertiary/aromatic N) is 2. The van der Waals surface area contributed by atoms with Crippen LogP contribution in [-0.4, -0.2) is 73.7 Å². The third-order valence-electron chi connectivity index (χ3n) is 10.7. The summed E-state index contributed by atoms with van der Waals surface area (Å²) in [5, 5.41) is 11.7. The average Bonchev–Trinajstić information content (AvgIpc) is 2.97. The largest absolute Gasteiger partial charge is 0.478 e. The van der Waals surface area contributed by atoms with Crippen LogP contribution in [0.25, 0.3) is 11.1 Å². The van der Waals surface area contributed by atoms with Crippen LogP contribution in [0.2, 0.25) is 0 Å². The molecule has 0 fully saturated rings. The van der Waals surface area contributed by atoms with Gasteiger partial charge in [0, 0.05) is 60.5 Å². The number of benzene rings is 3. The average molecular weight is 738 g/mol. The van der Waals surface area contributed by atoms with E-state index in [1.54, 1.807) is 24.3 Å². The molecular weight excluding hydrogens is 693 g/mol. The zero-order valence-electron chi connectivity index (χ0n) is 30.3. The topological polar surface area (TPSA) is 162 Å². The number of anilines is 1. The lowest BCUT2D eigenvalue weighted by molar-refractivity contribution is 0.0696. The van der Waals surface area contributed by atoms with Gasteiger partial charge in [-0.1, -0.05) is 26.8 Å². The maximum atomic E-state index is 12.9. The Morgan fingerprint density at radius 3 is 2.20 bits per heavy atom. The number of aromatic carboxylic acids is 1. The van der Waals surface area contributed by atoms with Gasteiger partial charge in [0.1, 0.15) is 24.3 Å². The summed E-state index contributed by atoms with van der Waals surface area (Å²) >= 11 is 0. The molecule has 0 saturated heterocycles. The highest BCUT2D eigenvalue weighted by Gasteiger charge is 2.40. The lowest BCUT2D eigenvalue weighted by atomic mass is 9.77. The zero-order chi connectivity index (χ0) is 37.8. The highest BCUT2D eigenvalue weighted by Crippen LogP contribution is 2.49. The first-order valence-electron chi connectivity index (χ1n) is 16.7. The summed E-state index contributed by atoms with van der Waals surface area (Å²) < 4.78 is 77.8. The minimum absolute atomic E-state index is 0.0342. The van der Waals surface area contributed by atoms with Gasteiger partial charge in [0.05, 0.1) is 22.9 Å². The van der Waals surface area contributed by atoms with Gasteiger partial charge in [-0.25, -0.2) is 9.37 Å². The Labute approximate surface area is 299 Å². The number of ether oxygens (including phenoxy) is 1. The van der Waals surface area contributed by atoms with Crippen LogP contribution in [0.3, 0.4) is 0 Å². The molecule has 13 heteroatoms. The molecule has 0 radical (unpaired) electrons. The SMILES string of the molecule is CN1c2cc3c(cc2C(CS(=O)(=O)O)CC1(C)C)C(c1cc(C(C)(C)C)ccc1C(=O)O)=c1cc2c(cc1O3)=[N+](C)C(C)(C)C=C2CS(=O)(=O)O. The van der Waals surface area contributed by atoms with Crippen molar-refractivity contribution in [3.05, 3.63) is 92.5 Å². The molecule has 3 aromatic rings. The number of carboxylic acid groups (broad SMARTS) is 1. The summed E-state index contributed by atoms with van der Waals surface area (Å²) in [5.41, 5.74) is 3.18.